The quantitative estimate of drug-likeness (QED) is 0.861. The fraction of sp³-hybridized carbons (Fsp3) is 0.250. The minimum Gasteiger partial charge on any atom is -0.392 e. The van der Waals surface area contributed by atoms with Gasteiger partial charge in [-0.15, -0.1) is 0 Å². The monoisotopic (exact) mass is 309 g/mol. The van der Waals surface area contributed by atoms with Gasteiger partial charge in [-0.25, -0.2) is 0 Å². The lowest BCUT2D eigenvalue weighted by molar-refractivity contribution is 0.282. The van der Waals surface area contributed by atoms with Gasteiger partial charge in [0.1, 0.15) is 0 Å². The largest absolute Gasteiger partial charge is 0.392 e. The second-order valence-corrected chi connectivity index (χ2v) is 5.59. The summed E-state index contributed by atoms with van der Waals surface area (Å²) in [7, 11) is 0. The van der Waals surface area contributed by atoms with Gasteiger partial charge in [0.2, 0.25) is 0 Å². The third kappa shape index (κ3) is 3.97. The number of nitrogens with one attached hydrogen (secondary N) is 1. The molecule has 0 radical (unpaired) electrons. The van der Waals surface area contributed by atoms with Crippen molar-refractivity contribution in [3.63, 3.8) is 0 Å². The maximum Gasteiger partial charge on any atom is 0.0681 e. The molecule has 0 bridgehead atoms. The van der Waals surface area contributed by atoms with Gasteiger partial charge in [0.15, 0.2) is 0 Å². The molecule has 0 aliphatic rings. The molecule has 2 rings (SSSR count). The number of rotatable bonds is 5. The van der Waals surface area contributed by atoms with E-state index in [2.05, 4.69) is 12.2 Å². The van der Waals surface area contributed by atoms with Gasteiger partial charge in [0.25, 0.3) is 0 Å². The zero-order valence-electron chi connectivity index (χ0n) is 11.2. The van der Waals surface area contributed by atoms with Crippen molar-refractivity contribution in [3.05, 3.63) is 69.2 Å². The first-order chi connectivity index (χ1) is 9.60. The highest BCUT2D eigenvalue weighted by Crippen LogP contribution is 2.26. The van der Waals surface area contributed by atoms with Gasteiger partial charge in [0.05, 0.1) is 6.61 Å². The summed E-state index contributed by atoms with van der Waals surface area (Å²) in [6.07, 6.45) is 0. The van der Waals surface area contributed by atoms with Crippen LogP contribution in [0.15, 0.2) is 42.5 Å². The second-order valence-electron chi connectivity index (χ2n) is 4.74. The van der Waals surface area contributed by atoms with Crippen molar-refractivity contribution in [2.45, 2.75) is 26.1 Å². The van der Waals surface area contributed by atoms with Crippen molar-refractivity contribution in [1.82, 2.24) is 5.32 Å². The van der Waals surface area contributed by atoms with Crippen LogP contribution in [0.4, 0.5) is 0 Å². The van der Waals surface area contributed by atoms with Crippen LogP contribution in [0.2, 0.25) is 10.0 Å². The lowest BCUT2D eigenvalue weighted by Crippen LogP contribution is -2.18. The van der Waals surface area contributed by atoms with E-state index in [0.29, 0.717) is 10.0 Å². The van der Waals surface area contributed by atoms with E-state index >= 15 is 0 Å². The molecule has 4 heteroatoms. The molecule has 106 valence electrons. The SMILES string of the molecule is CC(NCc1ccc(CO)cc1)c1cc(Cl)ccc1Cl. The van der Waals surface area contributed by atoms with E-state index in [1.807, 2.05) is 36.4 Å². The van der Waals surface area contributed by atoms with Crippen molar-refractivity contribution in [3.8, 4) is 0 Å². The molecule has 2 nitrogen and oxygen atoms in total. The maximum absolute atomic E-state index is 9.01. The molecular formula is C16H17Cl2NO. The minimum atomic E-state index is 0.0717. The number of benzene rings is 2. The molecule has 20 heavy (non-hydrogen) atoms. The van der Waals surface area contributed by atoms with E-state index in [0.717, 1.165) is 23.2 Å². The predicted octanol–water partition coefficient (Wildman–Crippen LogP) is 4.34. The van der Waals surface area contributed by atoms with Crippen LogP contribution >= 0.6 is 23.2 Å². The molecule has 1 unspecified atom stereocenters. The van der Waals surface area contributed by atoms with Crippen LogP contribution < -0.4 is 5.32 Å². The lowest BCUT2D eigenvalue weighted by atomic mass is 10.1. The summed E-state index contributed by atoms with van der Waals surface area (Å²) in [6, 6.07) is 13.5. The molecule has 0 aliphatic heterocycles. The third-order valence-electron chi connectivity index (χ3n) is 3.24. The van der Waals surface area contributed by atoms with Crippen molar-refractivity contribution < 1.29 is 5.11 Å². The molecule has 1 atom stereocenters. The summed E-state index contributed by atoms with van der Waals surface area (Å²) < 4.78 is 0. The molecule has 0 amide bonds. The van der Waals surface area contributed by atoms with Gasteiger partial charge in [-0.1, -0.05) is 47.5 Å². The molecule has 2 N–H and O–H groups in total. The van der Waals surface area contributed by atoms with Crippen molar-refractivity contribution in [2.24, 2.45) is 0 Å². The van der Waals surface area contributed by atoms with Crippen molar-refractivity contribution >= 4 is 23.2 Å². The number of hydrogen-bond donors (Lipinski definition) is 2. The molecule has 0 aliphatic carbocycles. The highest BCUT2D eigenvalue weighted by molar-refractivity contribution is 6.33. The van der Waals surface area contributed by atoms with E-state index in [9.17, 15) is 0 Å². The summed E-state index contributed by atoms with van der Waals surface area (Å²) in [4.78, 5) is 0. The van der Waals surface area contributed by atoms with Crippen LogP contribution in [0.5, 0.6) is 0 Å². The van der Waals surface area contributed by atoms with E-state index < -0.39 is 0 Å². The molecule has 2 aromatic carbocycles. The van der Waals surface area contributed by atoms with Gasteiger partial charge in [-0.3, -0.25) is 0 Å². The highest BCUT2D eigenvalue weighted by atomic mass is 35.5. The Bertz CT molecular complexity index is 569. The van der Waals surface area contributed by atoms with Gasteiger partial charge in [-0.05, 0) is 41.8 Å². The summed E-state index contributed by atoms with van der Waals surface area (Å²) >= 11 is 12.2. The fourth-order valence-electron chi connectivity index (χ4n) is 1.99. The minimum absolute atomic E-state index is 0.0717. The first kappa shape index (κ1) is 15.3. The van der Waals surface area contributed by atoms with Crippen LogP contribution in [-0.2, 0) is 13.2 Å². The highest BCUT2D eigenvalue weighted by Gasteiger charge is 2.09. The Kier molecular flexibility index (Phi) is 5.44. The summed E-state index contributed by atoms with van der Waals surface area (Å²) in [5, 5.41) is 13.8. The fourth-order valence-corrected chi connectivity index (χ4v) is 2.45. The number of halogens is 2. The van der Waals surface area contributed by atoms with E-state index in [1.54, 1.807) is 6.07 Å². The number of aliphatic hydroxyl groups is 1. The Labute approximate surface area is 129 Å². The van der Waals surface area contributed by atoms with E-state index in [4.69, 9.17) is 28.3 Å². The Morgan fingerprint density at radius 3 is 2.35 bits per heavy atom. The molecule has 0 aromatic heterocycles. The summed E-state index contributed by atoms with van der Waals surface area (Å²) in [5.74, 6) is 0. The van der Waals surface area contributed by atoms with Crippen molar-refractivity contribution in [1.29, 1.82) is 0 Å². The van der Waals surface area contributed by atoms with Crippen LogP contribution in [-0.4, -0.2) is 5.11 Å². The first-order valence-corrected chi connectivity index (χ1v) is 7.22. The zero-order chi connectivity index (χ0) is 14.5. The topological polar surface area (TPSA) is 32.3 Å². The maximum atomic E-state index is 9.01. The summed E-state index contributed by atoms with van der Waals surface area (Å²) in [6.45, 7) is 2.86. The molecule has 2 aromatic rings. The third-order valence-corrected chi connectivity index (χ3v) is 3.82. The molecule has 0 heterocycles. The van der Waals surface area contributed by atoms with Gasteiger partial charge in [0, 0.05) is 22.6 Å². The van der Waals surface area contributed by atoms with E-state index in [-0.39, 0.29) is 12.6 Å². The number of hydrogen-bond acceptors (Lipinski definition) is 2. The predicted molar refractivity (Wildman–Crippen MR) is 84.1 cm³/mol. The molecule has 0 saturated carbocycles. The van der Waals surface area contributed by atoms with Crippen LogP contribution in [0, 0.1) is 0 Å². The number of aliphatic hydroxyl groups excluding tert-OH is 1. The summed E-state index contributed by atoms with van der Waals surface area (Å²) in [5.41, 5.74) is 3.07. The Hall–Kier alpha value is -1.06. The van der Waals surface area contributed by atoms with Gasteiger partial charge in [-0.2, -0.15) is 0 Å². The van der Waals surface area contributed by atoms with Crippen LogP contribution in [0.3, 0.4) is 0 Å². The Morgan fingerprint density at radius 2 is 1.70 bits per heavy atom. The molecule has 0 fully saturated rings. The van der Waals surface area contributed by atoms with Crippen molar-refractivity contribution in [2.75, 3.05) is 0 Å². The normalized spacial score (nSPS) is 12.4. The van der Waals surface area contributed by atoms with Gasteiger partial charge >= 0.3 is 0 Å². The molecular weight excluding hydrogens is 293 g/mol. The Morgan fingerprint density at radius 1 is 1.05 bits per heavy atom. The Balaban J connectivity index is 2.00. The first-order valence-electron chi connectivity index (χ1n) is 6.47. The average molecular weight is 310 g/mol. The van der Waals surface area contributed by atoms with Gasteiger partial charge < -0.3 is 10.4 Å². The van der Waals surface area contributed by atoms with Crippen LogP contribution in [0.1, 0.15) is 29.7 Å². The molecule has 0 spiro atoms. The average Bonchev–Trinajstić information content (AvgIpc) is 2.47. The zero-order valence-corrected chi connectivity index (χ0v) is 12.7. The lowest BCUT2D eigenvalue weighted by Gasteiger charge is -2.16. The standard InChI is InChI=1S/C16H17Cl2NO/c1-11(15-8-14(17)6-7-16(15)18)19-9-12-2-4-13(10-20)5-3-12/h2-8,11,19-20H,9-10H2,1H3. The smallest absolute Gasteiger partial charge is 0.0681 e. The molecule has 0 saturated heterocycles. The second kappa shape index (κ2) is 7.09. The van der Waals surface area contributed by atoms with Crippen LogP contribution in [0.25, 0.3) is 0 Å². The van der Waals surface area contributed by atoms with E-state index in [1.165, 1.54) is 0 Å².